The second kappa shape index (κ2) is 5.65. The van der Waals surface area contributed by atoms with E-state index in [1.54, 1.807) is 0 Å². The van der Waals surface area contributed by atoms with Crippen LogP contribution in [0.2, 0.25) is 0 Å². The monoisotopic (exact) mass is 235 g/mol. The van der Waals surface area contributed by atoms with Gasteiger partial charge in [0, 0.05) is 0 Å². The Morgan fingerprint density at radius 2 is 1.65 bits per heavy atom. The van der Waals surface area contributed by atoms with E-state index in [0.29, 0.717) is 0 Å². The van der Waals surface area contributed by atoms with E-state index in [1.165, 1.54) is 16.7 Å². The molecule has 0 amide bonds. The lowest BCUT2D eigenvalue weighted by atomic mass is 9.86. The summed E-state index contributed by atoms with van der Waals surface area (Å²) >= 11 is 0. The highest BCUT2D eigenvalue weighted by Gasteiger charge is 2.24. The number of hydrogen-bond donors (Lipinski definition) is 2. The van der Waals surface area contributed by atoms with Gasteiger partial charge in [-0.25, -0.2) is 0 Å². The van der Waals surface area contributed by atoms with E-state index < -0.39 is 6.10 Å². The average Bonchev–Trinajstić information content (AvgIpc) is 2.25. The molecule has 0 spiro atoms. The zero-order valence-electron chi connectivity index (χ0n) is 11.6. The molecule has 17 heavy (non-hydrogen) atoms. The van der Waals surface area contributed by atoms with Crippen molar-refractivity contribution < 1.29 is 5.11 Å². The topological polar surface area (TPSA) is 46.2 Å². The predicted octanol–water partition coefficient (Wildman–Crippen LogP) is 3.02. The standard InChI is InChI=1S/C15H25NO/c1-6-10(3)15(17)14(16)13-11(4)7-9(2)8-12(13)5/h7-8,10,14-15,17H,6,16H2,1-5H3/t10?,14-,15+/m1/s1. The molecule has 1 rings (SSSR count). The van der Waals surface area contributed by atoms with Gasteiger partial charge in [0.05, 0.1) is 12.1 Å². The van der Waals surface area contributed by atoms with E-state index in [-0.39, 0.29) is 12.0 Å². The van der Waals surface area contributed by atoms with Gasteiger partial charge in [-0.2, -0.15) is 0 Å². The van der Waals surface area contributed by atoms with Gasteiger partial charge in [0.2, 0.25) is 0 Å². The molecule has 0 saturated heterocycles. The molecule has 0 bridgehead atoms. The van der Waals surface area contributed by atoms with E-state index in [0.717, 1.165) is 12.0 Å². The molecule has 0 saturated carbocycles. The maximum atomic E-state index is 10.2. The van der Waals surface area contributed by atoms with Crippen molar-refractivity contribution in [2.24, 2.45) is 11.7 Å². The molecule has 2 nitrogen and oxygen atoms in total. The fraction of sp³-hybridized carbons (Fsp3) is 0.600. The Labute approximate surface area is 105 Å². The normalized spacial score (nSPS) is 16.6. The molecule has 0 heterocycles. The summed E-state index contributed by atoms with van der Waals surface area (Å²) in [6.45, 7) is 10.3. The van der Waals surface area contributed by atoms with Crippen molar-refractivity contribution in [1.29, 1.82) is 0 Å². The molecule has 1 aromatic carbocycles. The SMILES string of the molecule is CCC(C)[C@H](O)[C@H](N)c1c(C)cc(C)cc1C. The van der Waals surface area contributed by atoms with Gasteiger partial charge in [0.15, 0.2) is 0 Å². The van der Waals surface area contributed by atoms with Crippen LogP contribution in [0.15, 0.2) is 12.1 Å². The lowest BCUT2D eigenvalue weighted by molar-refractivity contribution is 0.0875. The molecule has 0 aliphatic heterocycles. The highest BCUT2D eigenvalue weighted by Crippen LogP contribution is 2.27. The van der Waals surface area contributed by atoms with Gasteiger partial charge in [-0.3, -0.25) is 0 Å². The van der Waals surface area contributed by atoms with Crippen molar-refractivity contribution in [3.05, 3.63) is 34.4 Å². The van der Waals surface area contributed by atoms with Gasteiger partial charge in [-0.1, -0.05) is 38.0 Å². The van der Waals surface area contributed by atoms with Gasteiger partial charge in [0.25, 0.3) is 0 Å². The Hall–Kier alpha value is -0.860. The van der Waals surface area contributed by atoms with Crippen LogP contribution >= 0.6 is 0 Å². The van der Waals surface area contributed by atoms with E-state index >= 15 is 0 Å². The number of aliphatic hydroxyl groups excluding tert-OH is 1. The van der Waals surface area contributed by atoms with Gasteiger partial charge < -0.3 is 10.8 Å². The molecule has 1 unspecified atom stereocenters. The van der Waals surface area contributed by atoms with Crippen molar-refractivity contribution in [3.8, 4) is 0 Å². The first-order chi connectivity index (χ1) is 7.88. The van der Waals surface area contributed by atoms with Crippen molar-refractivity contribution in [2.45, 2.75) is 53.2 Å². The first-order valence-corrected chi connectivity index (χ1v) is 6.39. The van der Waals surface area contributed by atoms with Crippen LogP contribution in [-0.4, -0.2) is 11.2 Å². The average molecular weight is 235 g/mol. The van der Waals surface area contributed by atoms with Crippen molar-refractivity contribution in [3.63, 3.8) is 0 Å². The molecule has 0 radical (unpaired) electrons. The third-order valence-electron chi connectivity index (χ3n) is 3.67. The van der Waals surface area contributed by atoms with E-state index in [1.807, 2.05) is 6.92 Å². The van der Waals surface area contributed by atoms with Crippen LogP contribution in [-0.2, 0) is 0 Å². The molecule has 0 aliphatic carbocycles. The highest BCUT2D eigenvalue weighted by atomic mass is 16.3. The molecule has 0 aromatic heterocycles. The second-order valence-electron chi connectivity index (χ2n) is 5.21. The quantitative estimate of drug-likeness (QED) is 0.842. The fourth-order valence-corrected chi connectivity index (χ4v) is 2.48. The molecular formula is C15H25NO. The Morgan fingerprint density at radius 1 is 1.18 bits per heavy atom. The third kappa shape index (κ3) is 3.08. The molecular weight excluding hydrogens is 210 g/mol. The van der Waals surface area contributed by atoms with Crippen molar-refractivity contribution >= 4 is 0 Å². The van der Waals surface area contributed by atoms with Crippen molar-refractivity contribution in [2.75, 3.05) is 0 Å². The number of aryl methyl sites for hydroxylation is 3. The van der Waals surface area contributed by atoms with Crippen LogP contribution in [0, 0.1) is 26.7 Å². The minimum atomic E-state index is -0.472. The Kier molecular flexibility index (Phi) is 4.72. The van der Waals surface area contributed by atoms with Crippen LogP contribution in [0.1, 0.15) is 48.6 Å². The van der Waals surface area contributed by atoms with E-state index in [2.05, 4.69) is 39.8 Å². The maximum Gasteiger partial charge on any atom is 0.0758 e. The number of benzene rings is 1. The molecule has 1 aromatic rings. The number of rotatable bonds is 4. The summed E-state index contributed by atoms with van der Waals surface area (Å²) in [5.74, 6) is 0.227. The largest absolute Gasteiger partial charge is 0.391 e. The summed E-state index contributed by atoms with van der Waals surface area (Å²) < 4.78 is 0. The predicted molar refractivity (Wildman–Crippen MR) is 73.0 cm³/mol. The first kappa shape index (κ1) is 14.2. The summed E-state index contributed by atoms with van der Waals surface area (Å²) in [5, 5.41) is 10.2. The summed E-state index contributed by atoms with van der Waals surface area (Å²) in [7, 11) is 0. The Morgan fingerprint density at radius 3 is 2.06 bits per heavy atom. The van der Waals surface area contributed by atoms with E-state index in [4.69, 9.17) is 5.73 Å². The molecule has 2 heteroatoms. The lowest BCUT2D eigenvalue weighted by Crippen LogP contribution is -2.32. The zero-order valence-corrected chi connectivity index (χ0v) is 11.6. The van der Waals surface area contributed by atoms with Gasteiger partial charge >= 0.3 is 0 Å². The molecule has 3 atom stereocenters. The highest BCUT2D eigenvalue weighted by molar-refractivity contribution is 5.40. The summed E-state index contributed by atoms with van der Waals surface area (Å²) in [5.41, 5.74) is 10.9. The molecule has 96 valence electrons. The van der Waals surface area contributed by atoms with Crippen molar-refractivity contribution in [1.82, 2.24) is 0 Å². The van der Waals surface area contributed by atoms with Crippen LogP contribution in [0.25, 0.3) is 0 Å². The summed E-state index contributed by atoms with van der Waals surface area (Å²) in [6.07, 6.45) is 0.471. The van der Waals surface area contributed by atoms with Crippen LogP contribution in [0.5, 0.6) is 0 Å². The number of hydrogen-bond acceptors (Lipinski definition) is 2. The van der Waals surface area contributed by atoms with Crippen LogP contribution in [0.4, 0.5) is 0 Å². The molecule has 3 N–H and O–H groups in total. The maximum absolute atomic E-state index is 10.2. The minimum Gasteiger partial charge on any atom is -0.391 e. The Balaban J connectivity index is 3.08. The number of aliphatic hydroxyl groups is 1. The molecule has 0 fully saturated rings. The lowest BCUT2D eigenvalue weighted by Gasteiger charge is -2.27. The zero-order chi connectivity index (χ0) is 13.2. The third-order valence-corrected chi connectivity index (χ3v) is 3.67. The van der Waals surface area contributed by atoms with Gasteiger partial charge in [-0.15, -0.1) is 0 Å². The van der Waals surface area contributed by atoms with Gasteiger partial charge in [0.1, 0.15) is 0 Å². The van der Waals surface area contributed by atoms with E-state index in [9.17, 15) is 5.11 Å². The summed E-state index contributed by atoms with van der Waals surface area (Å²) in [4.78, 5) is 0. The number of nitrogens with two attached hydrogens (primary N) is 1. The van der Waals surface area contributed by atoms with Crippen LogP contribution in [0.3, 0.4) is 0 Å². The van der Waals surface area contributed by atoms with Crippen LogP contribution < -0.4 is 5.73 Å². The fourth-order valence-electron chi connectivity index (χ4n) is 2.48. The summed E-state index contributed by atoms with van der Waals surface area (Å²) in [6, 6.07) is 3.97. The first-order valence-electron chi connectivity index (χ1n) is 6.39. The smallest absolute Gasteiger partial charge is 0.0758 e. The second-order valence-corrected chi connectivity index (χ2v) is 5.21. The van der Waals surface area contributed by atoms with Gasteiger partial charge in [-0.05, 0) is 43.4 Å². The minimum absolute atomic E-state index is 0.227. The molecule has 0 aliphatic rings. The Bertz CT molecular complexity index is 364.